The van der Waals surface area contributed by atoms with Crippen LogP contribution in [-0.2, 0) is 0 Å². The maximum atomic E-state index is 5.82. The lowest BCUT2D eigenvalue weighted by Crippen LogP contribution is -2.26. The smallest absolute Gasteiger partial charge is 0.106 e. The predicted octanol–water partition coefficient (Wildman–Crippen LogP) is 3.26. The number of nitrogens with two attached hydrogens (primary N) is 1. The van der Waals surface area contributed by atoms with Crippen molar-refractivity contribution in [2.45, 2.75) is 32.6 Å². The lowest BCUT2D eigenvalue weighted by molar-refractivity contribution is 0.547. The summed E-state index contributed by atoms with van der Waals surface area (Å²) in [6.07, 6.45) is 5.49. The van der Waals surface area contributed by atoms with Gasteiger partial charge in [-0.15, -0.1) is 0 Å². The molecule has 98 valence electrons. The SMILES string of the molecule is Cc1ccc(C(N)=S)c(N(C)CC2CCCC2)c1. The van der Waals surface area contributed by atoms with Gasteiger partial charge in [-0.05, 0) is 43.4 Å². The highest BCUT2D eigenvalue weighted by atomic mass is 32.1. The molecule has 3 heteroatoms. The van der Waals surface area contributed by atoms with E-state index >= 15 is 0 Å². The highest BCUT2D eigenvalue weighted by Crippen LogP contribution is 2.28. The zero-order valence-corrected chi connectivity index (χ0v) is 12.1. The Hall–Kier alpha value is -1.09. The molecule has 18 heavy (non-hydrogen) atoms. The molecule has 0 unspecified atom stereocenters. The Bertz CT molecular complexity index is 436. The molecule has 0 aromatic heterocycles. The Labute approximate surface area is 115 Å². The van der Waals surface area contributed by atoms with E-state index in [4.69, 9.17) is 18.0 Å². The summed E-state index contributed by atoms with van der Waals surface area (Å²) in [7, 11) is 2.15. The zero-order valence-electron chi connectivity index (χ0n) is 11.3. The van der Waals surface area contributed by atoms with Crippen molar-refractivity contribution in [2.75, 3.05) is 18.5 Å². The molecule has 2 nitrogen and oxygen atoms in total. The zero-order chi connectivity index (χ0) is 13.1. The van der Waals surface area contributed by atoms with Crippen molar-refractivity contribution in [3.05, 3.63) is 29.3 Å². The van der Waals surface area contributed by atoms with Crippen LogP contribution in [0.25, 0.3) is 0 Å². The third kappa shape index (κ3) is 3.02. The summed E-state index contributed by atoms with van der Waals surface area (Å²) < 4.78 is 0. The van der Waals surface area contributed by atoms with E-state index in [0.717, 1.165) is 18.0 Å². The first kappa shape index (κ1) is 13.3. The molecule has 1 aliphatic rings. The van der Waals surface area contributed by atoms with Gasteiger partial charge < -0.3 is 10.6 Å². The average Bonchev–Trinajstić information content (AvgIpc) is 2.81. The maximum absolute atomic E-state index is 5.82. The van der Waals surface area contributed by atoms with Crippen LogP contribution in [0.5, 0.6) is 0 Å². The van der Waals surface area contributed by atoms with Crippen LogP contribution in [0.3, 0.4) is 0 Å². The molecule has 1 aromatic carbocycles. The van der Waals surface area contributed by atoms with Crippen molar-refractivity contribution in [2.24, 2.45) is 11.7 Å². The summed E-state index contributed by atoms with van der Waals surface area (Å²) in [4.78, 5) is 2.81. The van der Waals surface area contributed by atoms with E-state index in [0.29, 0.717) is 4.99 Å². The molecule has 1 fully saturated rings. The monoisotopic (exact) mass is 262 g/mol. The fraction of sp³-hybridized carbons (Fsp3) is 0.533. The van der Waals surface area contributed by atoms with Crippen LogP contribution in [0.2, 0.25) is 0 Å². The summed E-state index contributed by atoms with van der Waals surface area (Å²) in [5.74, 6) is 0.828. The number of hydrogen-bond acceptors (Lipinski definition) is 2. The Morgan fingerprint density at radius 1 is 1.39 bits per heavy atom. The van der Waals surface area contributed by atoms with Crippen molar-refractivity contribution in [1.82, 2.24) is 0 Å². The third-order valence-corrected chi connectivity index (χ3v) is 4.06. The Morgan fingerprint density at radius 3 is 2.67 bits per heavy atom. The third-order valence-electron chi connectivity index (χ3n) is 3.84. The topological polar surface area (TPSA) is 29.3 Å². The molecule has 0 radical (unpaired) electrons. The van der Waals surface area contributed by atoms with Gasteiger partial charge in [0.2, 0.25) is 0 Å². The van der Waals surface area contributed by atoms with E-state index < -0.39 is 0 Å². The van der Waals surface area contributed by atoms with Gasteiger partial charge in [0.05, 0.1) is 0 Å². The van der Waals surface area contributed by atoms with Crippen molar-refractivity contribution in [1.29, 1.82) is 0 Å². The summed E-state index contributed by atoms with van der Waals surface area (Å²) in [6, 6.07) is 6.29. The van der Waals surface area contributed by atoms with Crippen LogP contribution in [-0.4, -0.2) is 18.6 Å². The number of nitrogens with zero attached hydrogens (tertiary/aromatic N) is 1. The minimum Gasteiger partial charge on any atom is -0.389 e. The molecule has 1 aliphatic carbocycles. The normalized spacial score (nSPS) is 15.9. The first-order chi connectivity index (χ1) is 8.58. The fourth-order valence-corrected chi connectivity index (χ4v) is 3.02. The molecule has 1 saturated carbocycles. The van der Waals surface area contributed by atoms with Crippen LogP contribution in [0.1, 0.15) is 36.8 Å². The van der Waals surface area contributed by atoms with Gasteiger partial charge in [0.25, 0.3) is 0 Å². The number of anilines is 1. The highest BCUT2D eigenvalue weighted by Gasteiger charge is 2.18. The van der Waals surface area contributed by atoms with Gasteiger partial charge in [-0.2, -0.15) is 0 Å². The molecular formula is C15H22N2S. The van der Waals surface area contributed by atoms with E-state index in [2.05, 4.69) is 31.0 Å². The van der Waals surface area contributed by atoms with E-state index in [1.165, 1.54) is 36.9 Å². The summed E-state index contributed by atoms with van der Waals surface area (Å²) in [5, 5.41) is 0. The standard InChI is InChI=1S/C15H22N2S/c1-11-7-8-13(15(16)18)14(9-11)17(2)10-12-5-3-4-6-12/h7-9,12H,3-6,10H2,1-2H3,(H2,16,18). The van der Waals surface area contributed by atoms with Gasteiger partial charge >= 0.3 is 0 Å². The average molecular weight is 262 g/mol. The minimum atomic E-state index is 0.489. The summed E-state index contributed by atoms with van der Waals surface area (Å²) in [5.41, 5.74) is 9.24. The van der Waals surface area contributed by atoms with Gasteiger partial charge in [-0.25, -0.2) is 0 Å². The number of rotatable bonds is 4. The molecule has 2 rings (SSSR count). The van der Waals surface area contributed by atoms with Gasteiger partial charge in [-0.1, -0.05) is 31.1 Å². The molecule has 0 heterocycles. The van der Waals surface area contributed by atoms with Gasteiger partial charge in [-0.3, -0.25) is 0 Å². The van der Waals surface area contributed by atoms with Crippen molar-refractivity contribution in [3.63, 3.8) is 0 Å². The first-order valence-corrected chi connectivity index (χ1v) is 7.10. The Kier molecular flexibility index (Phi) is 4.23. The number of benzene rings is 1. The van der Waals surface area contributed by atoms with Crippen LogP contribution in [0.15, 0.2) is 18.2 Å². The van der Waals surface area contributed by atoms with Crippen molar-refractivity contribution < 1.29 is 0 Å². The maximum Gasteiger partial charge on any atom is 0.106 e. The molecule has 0 amide bonds. The van der Waals surface area contributed by atoms with E-state index in [1.54, 1.807) is 0 Å². The lowest BCUT2D eigenvalue weighted by Gasteiger charge is -2.25. The number of aryl methyl sites for hydroxylation is 1. The van der Waals surface area contributed by atoms with Gasteiger partial charge in [0.1, 0.15) is 4.99 Å². The minimum absolute atomic E-state index is 0.489. The van der Waals surface area contributed by atoms with Crippen molar-refractivity contribution in [3.8, 4) is 0 Å². The second-order valence-corrected chi connectivity index (χ2v) is 5.86. The quantitative estimate of drug-likeness (QED) is 0.845. The van der Waals surface area contributed by atoms with Crippen LogP contribution in [0, 0.1) is 12.8 Å². The second-order valence-electron chi connectivity index (χ2n) is 5.42. The molecular weight excluding hydrogens is 240 g/mol. The number of hydrogen-bond donors (Lipinski definition) is 1. The van der Waals surface area contributed by atoms with Crippen LogP contribution < -0.4 is 10.6 Å². The molecule has 0 spiro atoms. The van der Waals surface area contributed by atoms with Crippen molar-refractivity contribution >= 4 is 22.9 Å². The molecule has 1 aromatic rings. The van der Waals surface area contributed by atoms with E-state index in [9.17, 15) is 0 Å². The summed E-state index contributed by atoms with van der Waals surface area (Å²) in [6.45, 7) is 3.22. The number of thiocarbonyl (C=S) groups is 1. The lowest BCUT2D eigenvalue weighted by atomic mass is 10.1. The molecule has 0 aliphatic heterocycles. The van der Waals surface area contributed by atoms with Gasteiger partial charge in [0, 0.05) is 24.8 Å². The largest absolute Gasteiger partial charge is 0.389 e. The predicted molar refractivity (Wildman–Crippen MR) is 82.3 cm³/mol. The van der Waals surface area contributed by atoms with Crippen LogP contribution in [0.4, 0.5) is 5.69 Å². The van der Waals surface area contributed by atoms with E-state index in [1.807, 2.05) is 6.07 Å². The van der Waals surface area contributed by atoms with Crippen LogP contribution >= 0.6 is 12.2 Å². The molecule has 2 N–H and O–H groups in total. The highest BCUT2D eigenvalue weighted by molar-refractivity contribution is 7.80. The Balaban J connectivity index is 2.19. The molecule has 0 bridgehead atoms. The molecule has 0 saturated heterocycles. The second kappa shape index (κ2) is 5.70. The first-order valence-electron chi connectivity index (χ1n) is 6.69. The van der Waals surface area contributed by atoms with E-state index in [-0.39, 0.29) is 0 Å². The van der Waals surface area contributed by atoms with Gasteiger partial charge in [0.15, 0.2) is 0 Å². The summed E-state index contributed by atoms with van der Waals surface area (Å²) >= 11 is 5.15. The molecule has 0 atom stereocenters. The fourth-order valence-electron chi connectivity index (χ4n) is 2.84. The Morgan fingerprint density at radius 2 is 2.06 bits per heavy atom.